The Morgan fingerprint density at radius 2 is 1.96 bits per heavy atom. The van der Waals surface area contributed by atoms with E-state index in [2.05, 4.69) is 20.3 Å². The van der Waals surface area contributed by atoms with Crippen molar-refractivity contribution < 1.29 is 4.74 Å². The van der Waals surface area contributed by atoms with E-state index in [9.17, 15) is 0 Å². The van der Waals surface area contributed by atoms with Crippen molar-refractivity contribution in [2.24, 2.45) is 0 Å². The zero-order chi connectivity index (χ0) is 14.7. The van der Waals surface area contributed by atoms with Crippen LogP contribution in [0, 0.1) is 0 Å². The average molecular weight is 392 g/mol. The van der Waals surface area contributed by atoms with E-state index in [0.717, 1.165) is 10.7 Å². The van der Waals surface area contributed by atoms with Gasteiger partial charge in [0.1, 0.15) is 20.9 Å². The van der Waals surface area contributed by atoms with Gasteiger partial charge in [-0.1, -0.05) is 17.7 Å². The third-order valence-electron chi connectivity index (χ3n) is 2.69. The van der Waals surface area contributed by atoms with Gasteiger partial charge in [-0.15, -0.1) is 36.2 Å². The summed E-state index contributed by atoms with van der Waals surface area (Å²) in [5.41, 5.74) is 0.728. The normalized spacial score (nSPS) is 9.48. The number of hydrogen-bond acceptors (Lipinski definition) is 6. The minimum atomic E-state index is 0. The van der Waals surface area contributed by atoms with E-state index < -0.39 is 0 Å². The first kappa shape index (κ1) is 19.4. The summed E-state index contributed by atoms with van der Waals surface area (Å²) in [6.45, 7) is 0. The smallest absolute Gasteiger partial charge is 0.175 e. The average Bonchev–Trinajstić information content (AvgIpc) is 2.95. The lowest BCUT2D eigenvalue weighted by molar-refractivity contribution is 0.415. The van der Waals surface area contributed by atoms with Crippen LogP contribution in [0.25, 0.3) is 10.7 Å². The molecular weight excluding hydrogens is 379 g/mol. The highest BCUT2D eigenvalue weighted by Gasteiger charge is 2.11. The summed E-state index contributed by atoms with van der Waals surface area (Å²) < 4.78 is 5.94. The molecule has 3 rings (SSSR count). The van der Waals surface area contributed by atoms with Crippen LogP contribution in [0.2, 0.25) is 4.34 Å². The number of ether oxygens (including phenoxy) is 1. The van der Waals surface area contributed by atoms with Gasteiger partial charge in [0.05, 0.1) is 13.3 Å². The number of nitrogens with zero attached hydrogens (tertiary/aromatic N) is 3. The molecular formula is C14H13Cl3N4OS. The Hall–Kier alpha value is -1.60. The molecule has 122 valence electrons. The van der Waals surface area contributed by atoms with Gasteiger partial charge in [0.25, 0.3) is 0 Å². The third-order valence-corrected chi connectivity index (χ3v) is 3.82. The Bertz CT molecular complexity index is 755. The second-order valence-electron chi connectivity index (χ2n) is 4.06. The molecule has 3 heterocycles. The lowest BCUT2D eigenvalue weighted by atomic mass is 10.3. The maximum absolute atomic E-state index is 5.92. The molecule has 0 bridgehead atoms. The molecule has 0 saturated heterocycles. The van der Waals surface area contributed by atoms with E-state index in [0.29, 0.717) is 21.7 Å². The van der Waals surface area contributed by atoms with E-state index in [-0.39, 0.29) is 24.8 Å². The third kappa shape index (κ3) is 4.68. The minimum absolute atomic E-state index is 0. The topological polar surface area (TPSA) is 59.9 Å². The molecule has 0 spiro atoms. The summed E-state index contributed by atoms with van der Waals surface area (Å²) >= 11 is 7.29. The van der Waals surface area contributed by atoms with Crippen LogP contribution in [-0.4, -0.2) is 22.1 Å². The van der Waals surface area contributed by atoms with Crippen LogP contribution in [0.1, 0.15) is 0 Å². The zero-order valence-corrected chi connectivity index (χ0v) is 15.1. The lowest BCUT2D eigenvalue weighted by Crippen LogP contribution is -1.99. The highest BCUT2D eigenvalue weighted by molar-refractivity contribution is 7.18. The second-order valence-corrected chi connectivity index (χ2v) is 5.72. The number of aromatic nitrogens is 3. The number of nitrogens with one attached hydrogen (secondary N) is 1. The van der Waals surface area contributed by atoms with Gasteiger partial charge in [-0.25, -0.2) is 15.0 Å². The standard InChI is InChI=1S/C14H11ClN4OS.2ClH/c1-20-10-6-5-9(14-17-8-11(15)21-14)18-13(10)19-12-4-2-3-7-16-12;;/h2-8H,1H3,(H,16,18,19);2*1H. The molecule has 0 aliphatic heterocycles. The molecule has 5 nitrogen and oxygen atoms in total. The van der Waals surface area contributed by atoms with Crippen molar-refractivity contribution >= 4 is 59.4 Å². The first-order valence-electron chi connectivity index (χ1n) is 6.11. The molecule has 0 aromatic carbocycles. The van der Waals surface area contributed by atoms with Crippen LogP contribution in [-0.2, 0) is 0 Å². The number of methoxy groups -OCH3 is 1. The maximum atomic E-state index is 5.92. The largest absolute Gasteiger partial charge is 0.493 e. The number of halogens is 3. The molecule has 23 heavy (non-hydrogen) atoms. The summed E-state index contributed by atoms with van der Waals surface area (Å²) in [5, 5.41) is 3.89. The van der Waals surface area contributed by atoms with E-state index >= 15 is 0 Å². The monoisotopic (exact) mass is 390 g/mol. The van der Waals surface area contributed by atoms with Crippen LogP contribution in [0.3, 0.4) is 0 Å². The zero-order valence-electron chi connectivity index (χ0n) is 11.9. The molecule has 0 radical (unpaired) electrons. The fourth-order valence-electron chi connectivity index (χ4n) is 1.75. The molecule has 0 atom stereocenters. The van der Waals surface area contributed by atoms with E-state index in [1.807, 2.05) is 30.3 Å². The molecule has 0 aliphatic carbocycles. The highest BCUT2D eigenvalue weighted by atomic mass is 35.5. The fraction of sp³-hybridized carbons (Fsp3) is 0.0714. The van der Waals surface area contributed by atoms with Gasteiger partial charge < -0.3 is 10.1 Å². The number of thiazole rings is 1. The fourth-order valence-corrected chi connectivity index (χ4v) is 2.63. The van der Waals surface area contributed by atoms with Crippen molar-refractivity contribution in [1.29, 1.82) is 0 Å². The lowest BCUT2D eigenvalue weighted by Gasteiger charge is -2.10. The van der Waals surface area contributed by atoms with Gasteiger partial charge in [-0.05, 0) is 24.3 Å². The predicted octanol–water partition coefficient (Wildman–Crippen LogP) is 4.85. The summed E-state index contributed by atoms with van der Waals surface area (Å²) in [7, 11) is 1.60. The second kappa shape index (κ2) is 8.88. The van der Waals surface area contributed by atoms with Gasteiger partial charge in [0.2, 0.25) is 0 Å². The summed E-state index contributed by atoms with van der Waals surface area (Å²) in [6, 6.07) is 9.28. The molecule has 0 aliphatic rings. The van der Waals surface area contributed by atoms with Crippen molar-refractivity contribution in [2.75, 3.05) is 12.4 Å². The van der Waals surface area contributed by atoms with Gasteiger partial charge in [0, 0.05) is 6.20 Å². The Morgan fingerprint density at radius 3 is 2.57 bits per heavy atom. The Kier molecular flexibility index (Phi) is 7.51. The number of pyridine rings is 2. The first-order chi connectivity index (χ1) is 10.3. The van der Waals surface area contributed by atoms with Gasteiger partial charge >= 0.3 is 0 Å². The Labute approximate surface area is 154 Å². The van der Waals surface area contributed by atoms with Crippen molar-refractivity contribution in [3.8, 4) is 16.5 Å². The minimum Gasteiger partial charge on any atom is -0.493 e. The molecule has 9 heteroatoms. The van der Waals surface area contributed by atoms with Gasteiger partial charge in [0.15, 0.2) is 11.6 Å². The molecule has 3 aromatic rings. The van der Waals surface area contributed by atoms with Crippen LogP contribution in [0.5, 0.6) is 5.75 Å². The summed E-state index contributed by atoms with van der Waals surface area (Å²) in [6.07, 6.45) is 3.32. The van der Waals surface area contributed by atoms with Crippen molar-refractivity contribution in [3.63, 3.8) is 0 Å². The molecule has 3 aromatic heterocycles. The molecule has 0 fully saturated rings. The van der Waals surface area contributed by atoms with Gasteiger partial charge in [-0.2, -0.15) is 0 Å². The first-order valence-corrected chi connectivity index (χ1v) is 7.30. The van der Waals surface area contributed by atoms with Crippen LogP contribution < -0.4 is 10.1 Å². The van der Waals surface area contributed by atoms with Crippen molar-refractivity contribution in [2.45, 2.75) is 0 Å². The summed E-state index contributed by atoms with van der Waals surface area (Å²) in [5.74, 6) is 1.91. The van der Waals surface area contributed by atoms with E-state index in [4.69, 9.17) is 16.3 Å². The van der Waals surface area contributed by atoms with E-state index in [1.165, 1.54) is 11.3 Å². The molecule has 0 saturated carbocycles. The van der Waals surface area contributed by atoms with Crippen LogP contribution in [0.4, 0.5) is 11.6 Å². The number of hydrogen-bond donors (Lipinski definition) is 1. The Balaban J connectivity index is 0.00000132. The van der Waals surface area contributed by atoms with Crippen LogP contribution >= 0.6 is 47.8 Å². The molecule has 1 N–H and O–H groups in total. The highest BCUT2D eigenvalue weighted by Crippen LogP contribution is 2.31. The van der Waals surface area contributed by atoms with Crippen LogP contribution in [0.15, 0.2) is 42.7 Å². The van der Waals surface area contributed by atoms with E-state index in [1.54, 1.807) is 19.5 Å². The SMILES string of the molecule is COc1ccc(-c2ncc(Cl)s2)nc1Nc1ccccn1.Cl.Cl. The Morgan fingerprint density at radius 1 is 1.13 bits per heavy atom. The quantitative estimate of drug-likeness (QED) is 0.689. The van der Waals surface area contributed by atoms with Gasteiger partial charge in [-0.3, -0.25) is 0 Å². The van der Waals surface area contributed by atoms with Crippen molar-refractivity contribution in [1.82, 2.24) is 15.0 Å². The maximum Gasteiger partial charge on any atom is 0.175 e. The predicted molar refractivity (Wildman–Crippen MR) is 98.9 cm³/mol. The summed E-state index contributed by atoms with van der Waals surface area (Å²) in [4.78, 5) is 13.0. The number of anilines is 2. The molecule has 0 unspecified atom stereocenters. The molecule has 0 amide bonds. The number of rotatable bonds is 4. The van der Waals surface area contributed by atoms with Crippen molar-refractivity contribution in [3.05, 3.63) is 47.1 Å².